The van der Waals surface area contributed by atoms with E-state index in [4.69, 9.17) is 4.98 Å². The molecule has 0 aromatic carbocycles. The van der Waals surface area contributed by atoms with Gasteiger partial charge in [-0.25, -0.2) is 4.98 Å². The smallest absolute Gasteiger partial charge is 0.320 e. The van der Waals surface area contributed by atoms with Gasteiger partial charge < -0.3 is 5.11 Å². The Hall–Kier alpha value is -0.940. The van der Waals surface area contributed by atoms with Crippen molar-refractivity contribution in [2.45, 2.75) is 57.0 Å². The molecule has 104 valence electrons. The maximum absolute atomic E-state index is 11.2. The van der Waals surface area contributed by atoms with Gasteiger partial charge in [0.15, 0.2) is 0 Å². The maximum atomic E-state index is 11.2. The Labute approximate surface area is 117 Å². The highest BCUT2D eigenvalue weighted by atomic mass is 32.1. The lowest BCUT2D eigenvalue weighted by Gasteiger charge is -2.19. The van der Waals surface area contributed by atoms with Crippen LogP contribution in [-0.4, -0.2) is 33.5 Å². The topological polar surface area (TPSA) is 53.4 Å². The van der Waals surface area contributed by atoms with E-state index < -0.39 is 5.97 Å². The molecule has 0 amide bonds. The number of hydrogen-bond donors (Lipinski definition) is 1. The summed E-state index contributed by atoms with van der Waals surface area (Å²) in [6, 6.07) is -0.309. The van der Waals surface area contributed by atoms with Crippen LogP contribution in [0.3, 0.4) is 0 Å². The first-order valence-electron chi connectivity index (χ1n) is 7.15. The molecule has 1 aliphatic heterocycles. The number of aliphatic carboxylic acids is 1. The molecule has 0 radical (unpaired) electrons. The predicted molar refractivity (Wildman–Crippen MR) is 74.4 cm³/mol. The number of likely N-dealkylation sites (tertiary alicyclic amines) is 1. The second-order valence-corrected chi connectivity index (χ2v) is 6.51. The van der Waals surface area contributed by atoms with Gasteiger partial charge in [-0.2, -0.15) is 0 Å². The van der Waals surface area contributed by atoms with Gasteiger partial charge in [0, 0.05) is 17.8 Å². The molecule has 2 heterocycles. The number of aromatic nitrogens is 1. The summed E-state index contributed by atoms with van der Waals surface area (Å²) in [4.78, 5) is 17.9. The highest BCUT2D eigenvalue weighted by Crippen LogP contribution is 2.35. The van der Waals surface area contributed by atoms with E-state index in [1.54, 1.807) is 11.3 Å². The van der Waals surface area contributed by atoms with Crippen LogP contribution in [0, 0.1) is 0 Å². The van der Waals surface area contributed by atoms with Gasteiger partial charge in [0.2, 0.25) is 0 Å². The Morgan fingerprint density at radius 2 is 2.16 bits per heavy atom. The van der Waals surface area contributed by atoms with Crippen molar-refractivity contribution in [2.75, 3.05) is 6.54 Å². The van der Waals surface area contributed by atoms with E-state index in [-0.39, 0.29) is 6.04 Å². The maximum Gasteiger partial charge on any atom is 0.320 e. The fourth-order valence-electron chi connectivity index (χ4n) is 3.26. The van der Waals surface area contributed by atoms with Crippen LogP contribution in [0.15, 0.2) is 5.38 Å². The first-order valence-corrected chi connectivity index (χ1v) is 8.03. The lowest BCUT2D eigenvalue weighted by molar-refractivity contribution is -0.142. The van der Waals surface area contributed by atoms with Crippen LogP contribution in [0.4, 0.5) is 0 Å². The minimum Gasteiger partial charge on any atom is -0.480 e. The van der Waals surface area contributed by atoms with E-state index in [1.165, 1.54) is 30.7 Å². The molecule has 2 fully saturated rings. The number of hydrogen-bond acceptors (Lipinski definition) is 4. The van der Waals surface area contributed by atoms with E-state index in [0.717, 1.165) is 25.1 Å². The zero-order valence-corrected chi connectivity index (χ0v) is 11.9. The van der Waals surface area contributed by atoms with Gasteiger partial charge in [0.1, 0.15) is 6.04 Å². The zero-order valence-electron chi connectivity index (χ0n) is 11.0. The number of carbonyl (C=O) groups is 1. The highest BCUT2D eigenvalue weighted by Gasteiger charge is 2.31. The first-order chi connectivity index (χ1) is 9.24. The number of thiazole rings is 1. The largest absolute Gasteiger partial charge is 0.480 e. The molecular formula is C14H20N2O2S. The van der Waals surface area contributed by atoms with Crippen molar-refractivity contribution in [3.05, 3.63) is 16.1 Å². The van der Waals surface area contributed by atoms with E-state index in [2.05, 4.69) is 10.3 Å². The third-order valence-corrected chi connectivity index (χ3v) is 5.34. The van der Waals surface area contributed by atoms with Crippen LogP contribution in [0.5, 0.6) is 0 Å². The van der Waals surface area contributed by atoms with Crippen LogP contribution in [-0.2, 0) is 11.3 Å². The fraction of sp³-hybridized carbons (Fsp3) is 0.714. The van der Waals surface area contributed by atoms with Gasteiger partial charge in [-0.3, -0.25) is 9.69 Å². The molecule has 1 atom stereocenters. The molecule has 1 saturated carbocycles. The number of carboxylic acid groups (broad SMARTS) is 1. The normalized spacial score (nSPS) is 25.2. The quantitative estimate of drug-likeness (QED) is 0.921. The van der Waals surface area contributed by atoms with Crippen LogP contribution < -0.4 is 0 Å². The Kier molecular flexibility index (Phi) is 3.84. The second-order valence-electron chi connectivity index (χ2n) is 5.63. The van der Waals surface area contributed by atoms with Crippen LogP contribution in [0.1, 0.15) is 55.1 Å². The van der Waals surface area contributed by atoms with Gasteiger partial charge in [-0.1, -0.05) is 12.8 Å². The number of carboxylic acids is 1. The van der Waals surface area contributed by atoms with E-state index in [9.17, 15) is 9.90 Å². The Bertz CT molecular complexity index is 454. The minimum atomic E-state index is -0.691. The van der Waals surface area contributed by atoms with Crippen LogP contribution in [0.25, 0.3) is 0 Å². The first kappa shape index (κ1) is 13.1. The fourth-order valence-corrected chi connectivity index (χ4v) is 4.24. The molecule has 1 saturated heterocycles. The Morgan fingerprint density at radius 1 is 1.37 bits per heavy atom. The molecule has 2 aliphatic rings. The summed E-state index contributed by atoms with van der Waals surface area (Å²) in [5, 5.41) is 12.6. The number of rotatable bonds is 4. The van der Waals surface area contributed by atoms with Crippen molar-refractivity contribution in [1.82, 2.24) is 9.88 Å². The monoisotopic (exact) mass is 280 g/mol. The molecule has 1 aliphatic carbocycles. The lowest BCUT2D eigenvalue weighted by Crippen LogP contribution is -2.35. The highest BCUT2D eigenvalue weighted by molar-refractivity contribution is 7.09. The van der Waals surface area contributed by atoms with Gasteiger partial charge >= 0.3 is 5.97 Å². The van der Waals surface area contributed by atoms with Gasteiger partial charge in [0.25, 0.3) is 0 Å². The minimum absolute atomic E-state index is 0.309. The molecule has 19 heavy (non-hydrogen) atoms. The molecule has 5 heteroatoms. The van der Waals surface area contributed by atoms with Crippen molar-refractivity contribution < 1.29 is 9.90 Å². The predicted octanol–water partition coefficient (Wildman–Crippen LogP) is 2.85. The molecule has 3 rings (SSSR count). The van der Waals surface area contributed by atoms with Crippen molar-refractivity contribution in [2.24, 2.45) is 0 Å². The standard InChI is InChI=1S/C14H20N2O2S/c17-14(18)12-6-3-7-16(12)8-11-9-19-13(15-11)10-4-1-2-5-10/h9-10,12H,1-8H2,(H,17,18). The van der Waals surface area contributed by atoms with E-state index in [1.807, 2.05) is 0 Å². The van der Waals surface area contributed by atoms with Gasteiger partial charge in [-0.05, 0) is 32.2 Å². The summed E-state index contributed by atoms with van der Waals surface area (Å²) in [5.74, 6) is -0.0312. The molecule has 0 spiro atoms. The summed E-state index contributed by atoms with van der Waals surface area (Å²) < 4.78 is 0. The summed E-state index contributed by atoms with van der Waals surface area (Å²) in [5.41, 5.74) is 1.06. The van der Waals surface area contributed by atoms with Crippen molar-refractivity contribution in [3.8, 4) is 0 Å². The summed E-state index contributed by atoms with van der Waals surface area (Å²) in [7, 11) is 0. The zero-order chi connectivity index (χ0) is 13.2. The van der Waals surface area contributed by atoms with Crippen LogP contribution in [0.2, 0.25) is 0 Å². The molecule has 1 unspecified atom stereocenters. The van der Waals surface area contributed by atoms with Gasteiger partial charge in [-0.15, -0.1) is 11.3 Å². The van der Waals surface area contributed by atoms with E-state index >= 15 is 0 Å². The summed E-state index contributed by atoms with van der Waals surface area (Å²) in [6.45, 7) is 1.58. The van der Waals surface area contributed by atoms with Crippen molar-refractivity contribution in [1.29, 1.82) is 0 Å². The van der Waals surface area contributed by atoms with Crippen molar-refractivity contribution in [3.63, 3.8) is 0 Å². The molecule has 1 aromatic rings. The van der Waals surface area contributed by atoms with Gasteiger partial charge in [0.05, 0.1) is 10.7 Å². The molecule has 1 aromatic heterocycles. The third kappa shape index (κ3) is 2.82. The average Bonchev–Trinajstić information content (AvgIpc) is 3.09. The molecular weight excluding hydrogens is 260 g/mol. The van der Waals surface area contributed by atoms with E-state index in [0.29, 0.717) is 12.5 Å². The lowest BCUT2D eigenvalue weighted by atomic mass is 10.1. The molecule has 1 N–H and O–H groups in total. The van der Waals surface area contributed by atoms with Crippen LogP contribution >= 0.6 is 11.3 Å². The summed E-state index contributed by atoms with van der Waals surface area (Å²) >= 11 is 1.75. The Balaban J connectivity index is 1.65. The third-order valence-electron chi connectivity index (χ3n) is 4.29. The SMILES string of the molecule is O=C(O)C1CCCN1Cc1csc(C2CCCC2)n1. The molecule has 4 nitrogen and oxygen atoms in total. The number of nitrogens with zero attached hydrogens (tertiary/aromatic N) is 2. The van der Waals surface area contributed by atoms with Crippen molar-refractivity contribution >= 4 is 17.3 Å². The Morgan fingerprint density at radius 3 is 2.89 bits per heavy atom. The average molecular weight is 280 g/mol. The summed E-state index contributed by atoms with van der Waals surface area (Å²) in [6.07, 6.45) is 6.95. The molecule has 0 bridgehead atoms. The second kappa shape index (κ2) is 5.59.